The van der Waals surface area contributed by atoms with Crippen LogP contribution in [0.25, 0.3) is 11.3 Å². The van der Waals surface area contributed by atoms with Gasteiger partial charge in [0.1, 0.15) is 0 Å². The van der Waals surface area contributed by atoms with Gasteiger partial charge >= 0.3 is 5.97 Å². The molecule has 0 aliphatic carbocycles. The van der Waals surface area contributed by atoms with Crippen LogP contribution in [0.1, 0.15) is 17.4 Å². The zero-order valence-corrected chi connectivity index (χ0v) is 12.5. The number of benzene rings is 1. The number of rotatable bonds is 3. The maximum atomic E-state index is 12.5. The summed E-state index contributed by atoms with van der Waals surface area (Å²) in [5.41, 5.74) is 0.972. The molecule has 0 bridgehead atoms. The molecule has 2 atom stereocenters. The van der Waals surface area contributed by atoms with Crippen LogP contribution in [0.5, 0.6) is 0 Å². The number of morpholine rings is 1. The van der Waals surface area contributed by atoms with Crippen LogP contribution in [0.3, 0.4) is 0 Å². The first-order valence-corrected chi connectivity index (χ1v) is 7.24. The molecule has 1 fully saturated rings. The maximum Gasteiger partial charge on any atom is 0.334 e. The van der Waals surface area contributed by atoms with Crippen LogP contribution in [-0.4, -0.2) is 52.3 Å². The predicted molar refractivity (Wildman–Crippen MR) is 79.8 cm³/mol. The molecular formula is C16H16N2O5. The average Bonchev–Trinajstić information content (AvgIpc) is 3.04. The first-order valence-electron chi connectivity index (χ1n) is 7.24. The molecule has 2 aromatic rings. The van der Waals surface area contributed by atoms with Gasteiger partial charge in [-0.15, -0.1) is 0 Å². The molecule has 1 aromatic heterocycles. The number of aliphatic carboxylic acids is 1. The second kappa shape index (κ2) is 6.21. The Morgan fingerprint density at radius 3 is 2.70 bits per heavy atom. The second-order valence-corrected chi connectivity index (χ2v) is 5.43. The van der Waals surface area contributed by atoms with E-state index in [2.05, 4.69) is 5.16 Å². The van der Waals surface area contributed by atoms with Crippen LogP contribution in [0, 0.1) is 0 Å². The maximum absolute atomic E-state index is 12.5. The average molecular weight is 316 g/mol. The molecule has 3 rings (SSSR count). The Bertz CT molecular complexity index is 712. The largest absolute Gasteiger partial charge is 0.479 e. The summed E-state index contributed by atoms with van der Waals surface area (Å²) in [5.74, 6) is -0.957. The third kappa shape index (κ3) is 3.24. The van der Waals surface area contributed by atoms with E-state index in [0.717, 1.165) is 5.56 Å². The third-order valence-electron chi connectivity index (χ3n) is 3.61. The molecule has 2 heterocycles. The number of carboxylic acid groups (broad SMARTS) is 1. The molecule has 120 valence electrons. The molecular weight excluding hydrogens is 300 g/mol. The van der Waals surface area contributed by atoms with E-state index in [-0.39, 0.29) is 24.2 Å². The highest BCUT2D eigenvalue weighted by Gasteiger charge is 2.34. The molecule has 7 nitrogen and oxygen atoms in total. The highest BCUT2D eigenvalue weighted by molar-refractivity contribution is 5.93. The lowest BCUT2D eigenvalue weighted by molar-refractivity contribution is -0.160. The Balaban J connectivity index is 1.78. The van der Waals surface area contributed by atoms with Crippen molar-refractivity contribution in [3.05, 3.63) is 42.1 Å². The highest BCUT2D eigenvalue weighted by atomic mass is 16.5. The smallest absolute Gasteiger partial charge is 0.334 e. The van der Waals surface area contributed by atoms with Crippen molar-refractivity contribution in [3.63, 3.8) is 0 Å². The first kappa shape index (κ1) is 15.2. The van der Waals surface area contributed by atoms with Gasteiger partial charge < -0.3 is 19.3 Å². The lowest BCUT2D eigenvalue weighted by Crippen LogP contribution is -2.51. The van der Waals surface area contributed by atoms with E-state index < -0.39 is 12.1 Å². The van der Waals surface area contributed by atoms with Crippen molar-refractivity contribution in [1.82, 2.24) is 10.1 Å². The van der Waals surface area contributed by atoms with Crippen molar-refractivity contribution in [2.75, 3.05) is 13.1 Å². The predicted octanol–water partition coefficient (Wildman–Crippen LogP) is 1.66. The Labute approximate surface area is 132 Å². The Morgan fingerprint density at radius 1 is 1.26 bits per heavy atom. The van der Waals surface area contributed by atoms with Crippen molar-refractivity contribution >= 4 is 11.9 Å². The minimum absolute atomic E-state index is 0.00790. The van der Waals surface area contributed by atoms with E-state index in [1.807, 2.05) is 30.3 Å². The van der Waals surface area contributed by atoms with Gasteiger partial charge in [-0.25, -0.2) is 4.79 Å². The molecule has 1 unspecified atom stereocenters. The second-order valence-electron chi connectivity index (χ2n) is 5.43. The molecule has 1 amide bonds. The van der Waals surface area contributed by atoms with Gasteiger partial charge in [0.15, 0.2) is 17.6 Å². The Morgan fingerprint density at radius 2 is 2.00 bits per heavy atom. The van der Waals surface area contributed by atoms with E-state index in [1.54, 1.807) is 13.0 Å². The molecule has 23 heavy (non-hydrogen) atoms. The molecule has 1 aromatic carbocycles. The topological polar surface area (TPSA) is 92.9 Å². The number of aromatic nitrogens is 1. The zero-order chi connectivity index (χ0) is 16.4. The van der Waals surface area contributed by atoms with Gasteiger partial charge in [0.25, 0.3) is 5.91 Å². The number of carbonyl (C=O) groups excluding carboxylic acids is 1. The standard InChI is InChI=1S/C16H16N2O5/c1-10-8-18(9-14(22-10)16(20)21)15(19)12-7-13(23-17-12)11-5-3-2-4-6-11/h2-7,10,14H,8-9H2,1H3,(H,20,21)/t10-,14?/m1/s1. The van der Waals surface area contributed by atoms with Crippen LogP contribution >= 0.6 is 0 Å². The molecule has 1 N–H and O–H groups in total. The third-order valence-corrected chi connectivity index (χ3v) is 3.61. The van der Waals surface area contributed by atoms with Crippen molar-refractivity contribution in [2.24, 2.45) is 0 Å². The van der Waals surface area contributed by atoms with E-state index in [4.69, 9.17) is 14.4 Å². The van der Waals surface area contributed by atoms with Crippen LogP contribution < -0.4 is 0 Å². The lowest BCUT2D eigenvalue weighted by atomic mass is 10.1. The number of carboxylic acids is 1. The fourth-order valence-corrected chi connectivity index (χ4v) is 2.53. The quantitative estimate of drug-likeness (QED) is 0.925. The van der Waals surface area contributed by atoms with E-state index in [9.17, 15) is 9.59 Å². The van der Waals surface area contributed by atoms with Crippen molar-refractivity contribution < 1.29 is 24.0 Å². The summed E-state index contributed by atoms with van der Waals surface area (Å²) in [6.07, 6.45) is -1.38. The number of nitrogens with zero attached hydrogens (tertiary/aromatic N) is 2. The van der Waals surface area contributed by atoms with Gasteiger partial charge in [0, 0.05) is 18.2 Å². The Kier molecular flexibility index (Phi) is 4.12. The van der Waals surface area contributed by atoms with E-state index in [1.165, 1.54) is 4.90 Å². The fourth-order valence-electron chi connectivity index (χ4n) is 2.53. The summed E-state index contributed by atoms with van der Waals surface area (Å²) >= 11 is 0. The molecule has 1 saturated heterocycles. The van der Waals surface area contributed by atoms with Gasteiger partial charge in [-0.3, -0.25) is 4.79 Å². The number of hydrogen-bond donors (Lipinski definition) is 1. The van der Waals surface area contributed by atoms with Crippen LogP contribution in [0.4, 0.5) is 0 Å². The van der Waals surface area contributed by atoms with Gasteiger partial charge in [0.05, 0.1) is 12.6 Å². The molecule has 0 radical (unpaired) electrons. The van der Waals surface area contributed by atoms with Crippen LogP contribution in [0.15, 0.2) is 40.9 Å². The molecule has 1 aliphatic heterocycles. The number of carbonyl (C=O) groups is 2. The lowest BCUT2D eigenvalue weighted by Gasteiger charge is -2.34. The molecule has 7 heteroatoms. The van der Waals surface area contributed by atoms with E-state index in [0.29, 0.717) is 12.3 Å². The highest BCUT2D eigenvalue weighted by Crippen LogP contribution is 2.21. The van der Waals surface area contributed by atoms with E-state index >= 15 is 0 Å². The summed E-state index contributed by atoms with van der Waals surface area (Å²) in [7, 11) is 0. The number of hydrogen-bond acceptors (Lipinski definition) is 5. The SMILES string of the molecule is C[C@@H]1CN(C(=O)c2cc(-c3ccccc3)on2)CC(C(=O)O)O1. The van der Waals surface area contributed by atoms with Crippen molar-refractivity contribution in [3.8, 4) is 11.3 Å². The van der Waals surface area contributed by atoms with Crippen molar-refractivity contribution in [2.45, 2.75) is 19.1 Å². The molecule has 1 aliphatic rings. The summed E-state index contributed by atoms with van der Waals surface area (Å²) < 4.78 is 10.5. The summed E-state index contributed by atoms with van der Waals surface area (Å²) in [5, 5.41) is 12.9. The monoisotopic (exact) mass is 316 g/mol. The fraction of sp³-hybridized carbons (Fsp3) is 0.312. The minimum atomic E-state index is -1.08. The first-order chi connectivity index (χ1) is 11.0. The normalized spacial score (nSPS) is 21.2. The molecule has 0 spiro atoms. The van der Waals surface area contributed by atoms with Gasteiger partial charge in [-0.2, -0.15) is 0 Å². The van der Waals surface area contributed by atoms with Crippen LogP contribution in [-0.2, 0) is 9.53 Å². The van der Waals surface area contributed by atoms with Gasteiger partial charge in [0.2, 0.25) is 0 Å². The number of ether oxygens (including phenoxy) is 1. The van der Waals surface area contributed by atoms with Crippen LogP contribution in [0.2, 0.25) is 0 Å². The summed E-state index contributed by atoms with van der Waals surface area (Å²) in [6, 6.07) is 10.9. The number of amides is 1. The van der Waals surface area contributed by atoms with Gasteiger partial charge in [-0.05, 0) is 6.92 Å². The summed E-state index contributed by atoms with van der Waals surface area (Å²) in [4.78, 5) is 25.0. The molecule has 0 saturated carbocycles. The van der Waals surface area contributed by atoms with Gasteiger partial charge in [-0.1, -0.05) is 35.5 Å². The zero-order valence-electron chi connectivity index (χ0n) is 12.5. The van der Waals surface area contributed by atoms with Crippen molar-refractivity contribution in [1.29, 1.82) is 0 Å². The summed E-state index contributed by atoms with van der Waals surface area (Å²) in [6.45, 7) is 2.04. The Hall–Kier alpha value is -2.67. The minimum Gasteiger partial charge on any atom is -0.479 e.